The fourth-order valence-electron chi connectivity index (χ4n) is 3.98. The molecule has 5 N–H and O–H groups in total. The van der Waals surface area contributed by atoms with Gasteiger partial charge in [-0.05, 0) is 60.2 Å². The monoisotopic (exact) mass is 486 g/mol. The molecule has 1 aliphatic carbocycles. The molecule has 0 fully saturated rings. The second-order valence-corrected chi connectivity index (χ2v) is 8.24. The first-order chi connectivity index (χ1) is 17.3. The molecule has 11 heteroatoms. The number of rotatable bonds is 6. The van der Waals surface area contributed by atoms with Gasteiger partial charge in [0.1, 0.15) is 23.5 Å². The Bertz CT molecular complexity index is 1400. The second-order valence-electron chi connectivity index (χ2n) is 8.24. The maximum Gasteiger partial charge on any atom is 0.270 e. The van der Waals surface area contributed by atoms with E-state index in [1.165, 1.54) is 18.5 Å². The topological polar surface area (TPSA) is 158 Å². The van der Waals surface area contributed by atoms with Crippen LogP contribution in [-0.2, 0) is 13.0 Å². The smallest absolute Gasteiger partial charge is 0.270 e. The number of aliphatic imine (C=N–C) groups is 1. The summed E-state index contributed by atoms with van der Waals surface area (Å²) in [6.45, 7) is 1.84. The summed E-state index contributed by atoms with van der Waals surface area (Å²) in [5, 5.41) is 16.6. The Labute approximate surface area is 206 Å². The summed E-state index contributed by atoms with van der Waals surface area (Å²) in [5.41, 5.74) is 9.54. The minimum atomic E-state index is -0.474. The van der Waals surface area contributed by atoms with Gasteiger partial charge >= 0.3 is 0 Å². The van der Waals surface area contributed by atoms with E-state index in [9.17, 15) is 14.0 Å². The van der Waals surface area contributed by atoms with Crippen LogP contribution in [0.15, 0.2) is 53.8 Å². The molecule has 1 aliphatic rings. The van der Waals surface area contributed by atoms with Crippen LogP contribution >= 0.6 is 0 Å². The fourth-order valence-corrected chi connectivity index (χ4v) is 3.98. The van der Waals surface area contributed by atoms with Crippen LogP contribution in [0.4, 0.5) is 10.1 Å². The van der Waals surface area contributed by atoms with Gasteiger partial charge in [-0.1, -0.05) is 18.2 Å². The van der Waals surface area contributed by atoms with E-state index in [0.29, 0.717) is 17.7 Å². The summed E-state index contributed by atoms with van der Waals surface area (Å²) in [4.78, 5) is 37.5. The first-order valence-corrected chi connectivity index (χ1v) is 11.1. The van der Waals surface area contributed by atoms with Gasteiger partial charge in [-0.3, -0.25) is 14.9 Å². The van der Waals surface area contributed by atoms with Crippen molar-refractivity contribution in [3.63, 3.8) is 0 Å². The number of aryl methyl sites for hydroxylation is 2. The van der Waals surface area contributed by atoms with Crippen LogP contribution in [0.2, 0.25) is 0 Å². The zero-order chi connectivity index (χ0) is 25.7. The molecule has 36 heavy (non-hydrogen) atoms. The Morgan fingerprint density at radius 3 is 2.69 bits per heavy atom. The van der Waals surface area contributed by atoms with Gasteiger partial charge in [0.15, 0.2) is 6.19 Å². The predicted octanol–water partition coefficient (Wildman–Crippen LogP) is 2.29. The third-order valence-corrected chi connectivity index (χ3v) is 5.75. The maximum atomic E-state index is 13.4. The van der Waals surface area contributed by atoms with E-state index in [1.54, 1.807) is 31.3 Å². The number of amides is 2. The van der Waals surface area contributed by atoms with Crippen molar-refractivity contribution in [2.75, 3.05) is 0 Å². The van der Waals surface area contributed by atoms with Gasteiger partial charge in [0.05, 0.1) is 11.7 Å². The minimum absolute atomic E-state index is 0.00307. The van der Waals surface area contributed by atoms with Crippen LogP contribution in [0.1, 0.15) is 55.7 Å². The lowest BCUT2D eigenvalue weighted by molar-refractivity contribution is 0.0931. The highest BCUT2D eigenvalue weighted by atomic mass is 19.1. The van der Waals surface area contributed by atoms with Crippen molar-refractivity contribution in [2.24, 2.45) is 10.7 Å². The average Bonchev–Trinajstić information content (AvgIpc) is 3.26. The number of nitrogens with zero attached hydrogens (tertiary/aromatic N) is 4. The Hall–Kier alpha value is -4.85. The Balaban J connectivity index is 1.40. The second kappa shape index (κ2) is 10.6. The summed E-state index contributed by atoms with van der Waals surface area (Å²) >= 11 is 0. The van der Waals surface area contributed by atoms with Crippen LogP contribution < -0.4 is 21.7 Å². The van der Waals surface area contributed by atoms with Crippen molar-refractivity contribution >= 4 is 23.5 Å². The quantitative estimate of drug-likeness (QED) is 0.180. The number of nitriles is 1. The van der Waals surface area contributed by atoms with E-state index in [4.69, 9.17) is 11.0 Å². The van der Waals surface area contributed by atoms with Crippen molar-refractivity contribution in [3.8, 4) is 6.19 Å². The van der Waals surface area contributed by atoms with Gasteiger partial charge in [0.2, 0.25) is 5.96 Å². The SMILES string of the molecule is Cc1cc(CNC(=O)c2cc(C(=O)N[C@H]3CCc4cc(N=C(N)NC#N)ccc43)ncn2)ccc1F. The number of nitrogens with one attached hydrogen (secondary N) is 3. The molecule has 0 saturated heterocycles. The van der Waals surface area contributed by atoms with Crippen molar-refractivity contribution in [1.82, 2.24) is 25.9 Å². The molecule has 0 saturated carbocycles. The van der Waals surface area contributed by atoms with Crippen molar-refractivity contribution in [1.29, 1.82) is 5.26 Å². The summed E-state index contributed by atoms with van der Waals surface area (Å²) in [6.07, 6.45) is 4.30. The van der Waals surface area contributed by atoms with E-state index in [2.05, 4.69) is 30.9 Å². The Kier molecular flexibility index (Phi) is 7.15. The van der Waals surface area contributed by atoms with Gasteiger partial charge in [-0.15, -0.1) is 0 Å². The van der Waals surface area contributed by atoms with Gasteiger partial charge in [-0.25, -0.2) is 19.4 Å². The Morgan fingerprint density at radius 2 is 1.94 bits per heavy atom. The number of aromatic nitrogens is 2. The van der Waals surface area contributed by atoms with Crippen molar-refractivity contribution < 1.29 is 14.0 Å². The van der Waals surface area contributed by atoms with Crippen LogP contribution in [0.25, 0.3) is 0 Å². The summed E-state index contributed by atoms with van der Waals surface area (Å²) in [6, 6.07) is 11.2. The van der Waals surface area contributed by atoms with E-state index < -0.39 is 11.8 Å². The standard InChI is InChI=1S/C25H23FN8O2/c1-14-8-15(2-6-19(14)26)11-29-23(35)21-10-22(32-13-31-21)24(36)34-20-7-3-16-9-17(4-5-18(16)20)33-25(28)30-12-27/h2,4-6,8-10,13,20H,3,7,11H2,1H3,(H,29,35)(H,34,36)(H3,28,30,33)/t20-/m0/s1. The molecular weight excluding hydrogens is 463 g/mol. The summed E-state index contributed by atoms with van der Waals surface area (Å²) in [5.74, 6) is -1.22. The van der Waals surface area contributed by atoms with Crippen LogP contribution in [0, 0.1) is 24.2 Å². The fraction of sp³-hybridized carbons (Fsp3) is 0.200. The number of carbonyl (C=O) groups excluding carboxylic acids is 2. The van der Waals surface area contributed by atoms with E-state index >= 15 is 0 Å². The number of hydrogen-bond donors (Lipinski definition) is 4. The van der Waals surface area contributed by atoms with Gasteiger partial charge in [-0.2, -0.15) is 5.26 Å². The zero-order valence-electron chi connectivity index (χ0n) is 19.4. The molecule has 0 bridgehead atoms. The zero-order valence-corrected chi connectivity index (χ0v) is 19.4. The van der Waals surface area contributed by atoms with E-state index in [1.807, 2.05) is 12.1 Å². The predicted molar refractivity (Wildman–Crippen MR) is 129 cm³/mol. The first kappa shape index (κ1) is 24.3. The molecule has 1 heterocycles. The molecule has 2 amide bonds. The molecule has 10 nitrogen and oxygen atoms in total. The highest BCUT2D eigenvalue weighted by molar-refractivity contribution is 5.97. The number of guanidine groups is 1. The summed E-state index contributed by atoms with van der Waals surface area (Å²) in [7, 11) is 0. The number of fused-ring (bicyclic) bond motifs is 1. The normalized spacial score (nSPS) is 14.5. The minimum Gasteiger partial charge on any atom is -0.369 e. The van der Waals surface area contributed by atoms with Crippen LogP contribution in [0.5, 0.6) is 0 Å². The lowest BCUT2D eigenvalue weighted by Gasteiger charge is -2.14. The molecule has 1 atom stereocenters. The highest BCUT2D eigenvalue weighted by Gasteiger charge is 2.25. The molecule has 4 rings (SSSR count). The van der Waals surface area contributed by atoms with Crippen molar-refractivity contribution in [2.45, 2.75) is 32.4 Å². The number of halogens is 1. The molecule has 3 aromatic rings. The maximum absolute atomic E-state index is 13.4. The third kappa shape index (κ3) is 5.61. The lowest BCUT2D eigenvalue weighted by atomic mass is 10.1. The van der Waals surface area contributed by atoms with Gasteiger partial charge in [0.25, 0.3) is 11.8 Å². The number of nitrogens with two attached hydrogens (primary N) is 1. The average molecular weight is 487 g/mol. The number of benzene rings is 2. The van der Waals surface area contributed by atoms with Crippen LogP contribution in [-0.4, -0.2) is 27.7 Å². The lowest BCUT2D eigenvalue weighted by Crippen LogP contribution is -2.29. The van der Waals surface area contributed by atoms with Gasteiger partial charge in [0, 0.05) is 12.6 Å². The Morgan fingerprint density at radius 1 is 1.17 bits per heavy atom. The molecule has 2 aromatic carbocycles. The number of carbonyl (C=O) groups is 2. The molecule has 0 aliphatic heterocycles. The van der Waals surface area contributed by atoms with Gasteiger partial charge < -0.3 is 16.4 Å². The molecule has 1 aromatic heterocycles. The van der Waals surface area contributed by atoms with Crippen molar-refractivity contribution in [3.05, 3.63) is 88.3 Å². The van der Waals surface area contributed by atoms with E-state index in [0.717, 1.165) is 23.1 Å². The molecular formula is C25H23FN8O2. The third-order valence-electron chi connectivity index (χ3n) is 5.75. The molecule has 0 spiro atoms. The van der Waals surface area contributed by atoms with E-state index in [-0.39, 0.29) is 35.8 Å². The molecule has 0 radical (unpaired) electrons. The number of hydrogen-bond acceptors (Lipinski definition) is 6. The first-order valence-electron chi connectivity index (χ1n) is 11.1. The summed E-state index contributed by atoms with van der Waals surface area (Å²) < 4.78 is 13.4. The molecule has 0 unspecified atom stereocenters. The molecule has 182 valence electrons. The van der Waals surface area contributed by atoms with Crippen LogP contribution in [0.3, 0.4) is 0 Å². The highest BCUT2D eigenvalue weighted by Crippen LogP contribution is 2.33. The largest absolute Gasteiger partial charge is 0.369 e.